The molecular formula is C18H17Cl2N3S. The molecule has 1 heterocycles. The van der Waals surface area contributed by atoms with Gasteiger partial charge >= 0.3 is 0 Å². The summed E-state index contributed by atoms with van der Waals surface area (Å²) in [5, 5.41) is 2.36. The summed E-state index contributed by atoms with van der Waals surface area (Å²) in [6, 6.07) is 15.7. The van der Waals surface area contributed by atoms with Crippen LogP contribution in [0.5, 0.6) is 0 Å². The molecule has 1 N–H and O–H groups in total. The highest BCUT2D eigenvalue weighted by Gasteiger charge is 2.07. The normalized spacial score (nSPS) is 11.2. The van der Waals surface area contributed by atoms with E-state index in [9.17, 15) is 0 Å². The third kappa shape index (κ3) is 4.14. The molecule has 0 unspecified atom stereocenters. The van der Waals surface area contributed by atoms with Crippen molar-refractivity contribution in [3.63, 3.8) is 0 Å². The number of hydrogen-bond acceptors (Lipinski definition) is 4. The molecule has 3 rings (SSSR count). The van der Waals surface area contributed by atoms with Crippen molar-refractivity contribution in [3.8, 4) is 0 Å². The van der Waals surface area contributed by atoms with E-state index in [1.165, 1.54) is 11.9 Å². The summed E-state index contributed by atoms with van der Waals surface area (Å²) in [7, 11) is 4.07. The molecule has 0 radical (unpaired) electrons. The molecule has 0 aliphatic heterocycles. The molecule has 0 fully saturated rings. The van der Waals surface area contributed by atoms with E-state index in [1.807, 2.05) is 38.4 Å². The minimum Gasteiger partial charge on any atom is -0.324 e. The highest BCUT2D eigenvalue weighted by atomic mass is 35.5. The molecule has 0 bridgehead atoms. The van der Waals surface area contributed by atoms with E-state index in [0.29, 0.717) is 10.0 Å². The predicted octanol–water partition coefficient (Wildman–Crippen LogP) is 5.72. The van der Waals surface area contributed by atoms with Crippen LogP contribution in [0.15, 0.2) is 53.4 Å². The first kappa shape index (κ1) is 17.4. The molecule has 3 nitrogen and oxygen atoms in total. The van der Waals surface area contributed by atoms with Gasteiger partial charge < -0.3 is 9.62 Å². The standard InChI is InChI=1S/C18H17Cl2N3S/c1-23(2)11-14-8-6-12-4-3-5-16(18(12)21-14)22-24-17-9-7-13(19)10-15(17)20/h3-10,22H,11H2,1-2H3. The number of anilines is 1. The molecule has 0 saturated heterocycles. The maximum atomic E-state index is 6.23. The van der Waals surface area contributed by atoms with Crippen molar-refractivity contribution in [3.05, 3.63) is 64.3 Å². The molecule has 0 aliphatic carbocycles. The van der Waals surface area contributed by atoms with E-state index in [1.54, 1.807) is 6.07 Å². The number of hydrogen-bond donors (Lipinski definition) is 1. The van der Waals surface area contributed by atoms with Gasteiger partial charge in [0.25, 0.3) is 0 Å². The molecule has 24 heavy (non-hydrogen) atoms. The van der Waals surface area contributed by atoms with E-state index >= 15 is 0 Å². The van der Waals surface area contributed by atoms with E-state index in [2.05, 4.69) is 27.8 Å². The first-order valence-corrected chi connectivity index (χ1v) is 9.01. The summed E-state index contributed by atoms with van der Waals surface area (Å²) in [6.07, 6.45) is 0. The number of para-hydroxylation sites is 1. The average Bonchev–Trinajstić information content (AvgIpc) is 2.53. The Balaban J connectivity index is 1.88. The zero-order chi connectivity index (χ0) is 17.1. The lowest BCUT2D eigenvalue weighted by Crippen LogP contribution is -2.11. The Morgan fingerprint density at radius 3 is 2.67 bits per heavy atom. The minimum absolute atomic E-state index is 0.626. The average molecular weight is 378 g/mol. The van der Waals surface area contributed by atoms with Gasteiger partial charge in [-0.1, -0.05) is 41.4 Å². The predicted molar refractivity (Wildman–Crippen MR) is 105 cm³/mol. The number of aromatic nitrogens is 1. The topological polar surface area (TPSA) is 28.2 Å². The summed E-state index contributed by atoms with van der Waals surface area (Å²) in [5.41, 5.74) is 2.95. The van der Waals surface area contributed by atoms with Crippen molar-refractivity contribution < 1.29 is 0 Å². The lowest BCUT2D eigenvalue weighted by atomic mass is 10.2. The van der Waals surface area contributed by atoms with Crippen LogP contribution in [0.2, 0.25) is 10.0 Å². The van der Waals surface area contributed by atoms with Gasteiger partial charge in [0, 0.05) is 21.8 Å². The Hall–Kier alpha value is -1.46. The van der Waals surface area contributed by atoms with E-state index < -0.39 is 0 Å². The maximum Gasteiger partial charge on any atom is 0.0945 e. The number of halogens is 2. The number of pyridine rings is 1. The second-order valence-corrected chi connectivity index (χ2v) is 7.39. The van der Waals surface area contributed by atoms with Crippen LogP contribution in [0.4, 0.5) is 5.69 Å². The molecule has 2 aromatic carbocycles. The van der Waals surface area contributed by atoms with Gasteiger partial charge in [-0.3, -0.25) is 0 Å². The largest absolute Gasteiger partial charge is 0.324 e. The number of benzene rings is 2. The Morgan fingerprint density at radius 1 is 1.08 bits per heavy atom. The smallest absolute Gasteiger partial charge is 0.0945 e. The molecule has 0 spiro atoms. The fourth-order valence-electron chi connectivity index (χ4n) is 2.35. The number of fused-ring (bicyclic) bond motifs is 1. The van der Waals surface area contributed by atoms with Crippen LogP contribution in [0, 0.1) is 0 Å². The van der Waals surface area contributed by atoms with Gasteiger partial charge in [0.15, 0.2) is 0 Å². The molecule has 124 valence electrons. The van der Waals surface area contributed by atoms with Crippen molar-refractivity contribution in [2.45, 2.75) is 11.4 Å². The quantitative estimate of drug-likeness (QED) is 0.575. The molecule has 3 aromatic rings. The fraction of sp³-hybridized carbons (Fsp3) is 0.167. The van der Waals surface area contributed by atoms with Gasteiger partial charge in [-0.2, -0.15) is 0 Å². The Kier molecular flexibility index (Phi) is 5.51. The third-order valence-corrected chi connectivity index (χ3v) is 4.98. The van der Waals surface area contributed by atoms with Gasteiger partial charge in [0.2, 0.25) is 0 Å². The summed E-state index contributed by atoms with van der Waals surface area (Å²) in [4.78, 5) is 7.82. The van der Waals surface area contributed by atoms with Crippen LogP contribution in [0.3, 0.4) is 0 Å². The second-order valence-electron chi connectivity index (χ2n) is 5.70. The summed E-state index contributed by atoms with van der Waals surface area (Å²) < 4.78 is 3.36. The van der Waals surface area contributed by atoms with Crippen LogP contribution >= 0.6 is 35.1 Å². The summed E-state index contributed by atoms with van der Waals surface area (Å²) >= 11 is 13.6. The van der Waals surface area contributed by atoms with Gasteiger partial charge in [-0.05, 0) is 56.4 Å². The molecule has 0 amide bonds. The van der Waals surface area contributed by atoms with Crippen molar-refractivity contribution >= 4 is 51.7 Å². The van der Waals surface area contributed by atoms with Crippen LogP contribution in [-0.4, -0.2) is 24.0 Å². The second kappa shape index (κ2) is 7.62. The Morgan fingerprint density at radius 2 is 1.92 bits per heavy atom. The molecule has 0 saturated carbocycles. The molecule has 1 aromatic heterocycles. The van der Waals surface area contributed by atoms with E-state index in [-0.39, 0.29) is 0 Å². The Bertz CT molecular complexity index is 868. The van der Waals surface area contributed by atoms with E-state index in [4.69, 9.17) is 28.2 Å². The maximum absolute atomic E-state index is 6.23. The summed E-state index contributed by atoms with van der Waals surface area (Å²) in [5.74, 6) is 0. The molecule has 0 atom stereocenters. The zero-order valence-electron chi connectivity index (χ0n) is 13.4. The monoisotopic (exact) mass is 377 g/mol. The first-order chi connectivity index (χ1) is 11.5. The number of nitrogens with zero attached hydrogens (tertiary/aromatic N) is 2. The number of rotatable bonds is 5. The van der Waals surface area contributed by atoms with Crippen molar-refractivity contribution in [1.29, 1.82) is 0 Å². The molecule has 0 aliphatic rings. The van der Waals surface area contributed by atoms with Gasteiger partial charge in [0.05, 0.1) is 21.9 Å². The van der Waals surface area contributed by atoms with Crippen LogP contribution in [0.1, 0.15) is 5.69 Å². The highest BCUT2D eigenvalue weighted by Crippen LogP contribution is 2.32. The molecule has 6 heteroatoms. The first-order valence-electron chi connectivity index (χ1n) is 7.44. The van der Waals surface area contributed by atoms with Gasteiger partial charge in [0.1, 0.15) is 0 Å². The lowest BCUT2D eigenvalue weighted by Gasteiger charge is -2.12. The van der Waals surface area contributed by atoms with Gasteiger partial charge in [-0.25, -0.2) is 4.98 Å². The number of nitrogens with one attached hydrogen (secondary N) is 1. The minimum atomic E-state index is 0.626. The summed E-state index contributed by atoms with van der Waals surface area (Å²) in [6.45, 7) is 0.806. The lowest BCUT2D eigenvalue weighted by molar-refractivity contribution is 0.397. The van der Waals surface area contributed by atoms with Crippen LogP contribution in [-0.2, 0) is 6.54 Å². The van der Waals surface area contributed by atoms with E-state index in [0.717, 1.165) is 33.7 Å². The third-order valence-electron chi connectivity index (χ3n) is 3.42. The van der Waals surface area contributed by atoms with Crippen LogP contribution in [0.25, 0.3) is 10.9 Å². The van der Waals surface area contributed by atoms with Gasteiger partial charge in [-0.15, -0.1) is 0 Å². The van der Waals surface area contributed by atoms with Crippen LogP contribution < -0.4 is 4.72 Å². The van der Waals surface area contributed by atoms with Crippen molar-refractivity contribution in [2.24, 2.45) is 0 Å². The Labute approximate surface area is 156 Å². The zero-order valence-corrected chi connectivity index (χ0v) is 15.7. The SMILES string of the molecule is CN(C)Cc1ccc2cccc(NSc3ccc(Cl)cc3Cl)c2n1. The van der Waals surface area contributed by atoms with Crippen molar-refractivity contribution in [2.75, 3.05) is 18.8 Å². The fourth-order valence-corrected chi connectivity index (χ4v) is 3.55. The van der Waals surface area contributed by atoms with Crippen molar-refractivity contribution in [1.82, 2.24) is 9.88 Å². The molecular weight excluding hydrogens is 361 g/mol. The highest BCUT2D eigenvalue weighted by molar-refractivity contribution is 8.00.